The number of anilines is 1. The lowest BCUT2D eigenvalue weighted by Gasteiger charge is -2.09. The lowest BCUT2D eigenvalue weighted by molar-refractivity contribution is 0.0696. The van der Waals surface area contributed by atoms with Crippen molar-refractivity contribution in [1.82, 2.24) is 20.1 Å². The van der Waals surface area contributed by atoms with Gasteiger partial charge in [0.1, 0.15) is 6.33 Å². The molecule has 8 heteroatoms. The number of carboxylic acid groups (broad SMARTS) is 1. The number of nitrogens with one attached hydrogen (secondary N) is 2. The number of carboxylic acids is 1. The van der Waals surface area contributed by atoms with Gasteiger partial charge in [-0.15, -0.1) is 10.2 Å². The van der Waals surface area contributed by atoms with Crippen molar-refractivity contribution in [1.29, 1.82) is 0 Å². The molecule has 3 N–H and O–H groups in total. The number of carbonyl (C=O) groups is 2. The molecule has 110 valence electrons. The molecule has 0 unspecified atom stereocenters. The highest BCUT2D eigenvalue weighted by Crippen LogP contribution is 2.15. The van der Waals surface area contributed by atoms with Crippen molar-refractivity contribution in [2.24, 2.45) is 7.05 Å². The van der Waals surface area contributed by atoms with E-state index in [1.807, 2.05) is 0 Å². The van der Waals surface area contributed by atoms with Gasteiger partial charge in [-0.1, -0.05) is 0 Å². The minimum atomic E-state index is -0.995. The van der Waals surface area contributed by atoms with Gasteiger partial charge >= 0.3 is 12.0 Å². The molecule has 0 atom stereocenters. The summed E-state index contributed by atoms with van der Waals surface area (Å²) in [6.45, 7) is 1.92. The van der Waals surface area contributed by atoms with Gasteiger partial charge in [0.15, 0.2) is 5.82 Å². The Morgan fingerprint density at radius 3 is 2.71 bits per heavy atom. The van der Waals surface area contributed by atoms with E-state index in [0.29, 0.717) is 17.1 Å². The van der Waals surface area contributed by atoms with Crippen LogP contribution in [0, 0.1) is 6.92 Å². The molecule has 0 bridgehead atoms. The minimum absolute atomic E-state index is 0.208. The number of aromatic carboxylic acids is 1. The summed E-state index contributed by atoms with van der Waals surface area (Å²) >= 11 is 0. The van der Waals surface area contributed by atoms with Crippen LogP contribution in [-0.2, 0) is 13.6 Å². The second-order valence-corrected chi connectivity index (χ2v) is 4.50. The first-order valence-corrected chi connectivity index (χ1v) is 6.19. The van der Waals surface area contributed by atoms with Crippen molar-refractivity contribution in [3.05, 3.63) is 41.5 Å². The van der Waals surface area contributed by atoms with E-state index in [4.69, 9.17) is 5.11 Å². The molecule has 2 amide bonds. The van der Waals surface area contributed by atoms with Crippen LogP contribution in [0.15, 0.2) is 24.5 Å². The summed E-state index contributed by atoms with van der Waals surface area (Å²) in [7, 11) is 1.78. The zero-order valence-corrected chi connectivity index (χ0v) is 11.6. The van der Waals surface area contributed by atoms with Gasteiger partial charge in [0.25, 0.3) is 0 Å². The van der Waals surface area contributed by atoms with Crippen LogP contribution in [0.1, 0.15) is 21.7 Å². The van der Waals surface area contributed by atoms with Crippen molar-refractivity contribution in [2.45, 2.75) is 13.5 Å². The van der Waals surface area contributed by atoms with Gasteiger partial charge in [0, 0.05) is 12.7 Å². The summed E-state index contributed by atoms with van der Waals surface area (Å²) in [6, 6.07) is 4.19. The Hall–Kier alpha value is -2.90. The predicted octanol–water partition coefficient (Wildman–Crippen LogP) is 1.14. The fraction of sp³-hybridized carbons (Fsp3) is 0.231. The van der Waals surface area contributed by atoms with Crippen LogP contribution in [0.2, 0.25) is 0 Å². The van der Waals surface area contributed by atoms with E-state index in [2.05, 4.69) is 20.8 Å². The topological polar surface area (TPSA) is 109 Å². The molecule has 0 radical (unpaired) electrons. The second-order valence-electron chi connectivity index (χ2n) is 4.50. The fourth-order valence-electron chi connectivity index (χ4n) is 1.78. The maximum atomic E-state index is 11.8. The molecule has 0 aliphatic rings. The van der Waals surface area contributed by atoms with E-state index in [1.54, 1.807) is 37.0 Å². The molecule has 2 rings (SSSR count). The van der Waals surface area contributed by atoms with Crippen molar-refractivity contribution in [3.8, 4) is 0 Å². The smallest absolute Gasteiger partial charge is 0.335 e. The predicted molar refractivity (Wildman–Crippen MR) is 75.0 cm³/mol. The standard InChI is InChI=1S/C13H15N5O3/c1-8-5-9(3-4-10(8)12(19)20)16-13(21)14-6-11-17-15-7-18(11)2/h3-5,7H,6H2,1-2H3,(H,19,20)(H2,14,16,21). The number of aryl methyl sites for hydroxylation is 2. The Morgan fingerprint density at radius 2 is 2.14 bits per heavy atom. The lowest BCUT2D eigenvalue weighted by Crippen LogP contribution is -2.29. The molecule has 21 heavy (non-hydrogen) atoms. The highest BCUT2D eigenvalue weighted by atomic mass is 16.4. The van der Waals surface area contributed by atoms with Gasteiger partial charge in [-0.05, 0) is 30.7 Å². The quantitative estimate of drug-likeness (QED) is 0.782. The number of carbonyl (C=O) groups excluding carboxylic acids is 1. The Morgan fingerprint density at radius 1 is 1.38 bits per heavy atom. The number of aromatic nitrogens is 3. The summed E-state index contributed by atoms with van der Waals surface area (Å²) in [5.41, 5.74) is 1.31. The maximum Gasteiger partial charge on any atom is 0.335 e. The third-order valence-corrected chi connectivity index (χ3v) is 2.93. The molecule has 0 saturated carbocycles. The number of nitrogens with zero attached hydrogens (tertiary/aromatic N) is 3. The van der Waals surface area contributed by atoms with Crippen LogP contribution in [0.5, 0.6) is 0 Å². The summed E-state index contributed by atoms with van der Waals surface area (Å²) in [5, 5.41) is 21.8. The zero-order valence-electron chi connectivity index (χ0n) is 11.6. The third kappa shape index (κ3) is 3.56. The minimum Gasteiger partial charge on any atom is -0.478 e. The number of rotatable bonds is 4. The Balaban J connectivity index is 1.95. The molecule has 0 aliphatic heterocycles. The Bertz CT molecular complexity index is 680. The molecule has 0 spiro atoms. The van der Waals surface area contributed by atoms with Gasteiger partial charge in [0.2, 0.25) is 0 Å². The summed E-state index contributed by atoms with van der Waals surface area (Å²) < 4.78 is 1.70. The molecule has 2 aromatic rings. The first-order valence-electron chi connectivity index (χ1n) is 6.19. The van der Waals surface area contributed by atoms with Crippen LogP contribution in [-0.4, -0.2) is 31.9 Å². The van der Waals surface area contributed by atoms with Crippen LogP contribution in [0.3, 0.4) is 0 Å². The normalized spacial score (nSPS) is 10.2. The zero-order chi connectivity index (χ0) is 15.4. The molecule has 8 nitrogen and oxygen atoms in total. The van der Waals surface area contributed by atoms with E-state index < -0.39 is 12.0 Å². The van der Waals surface area contributed by atoms with E-state index >= 15 is 0 Å². The molecule has 1 aromatic heterocycles. The van der Waals surface area contributed by atoms with Gasteiger partial charge in [-0.3, -0.25) is 0 Å². The number of urea groups is 1. The number of hydrogen-bond acceptors (Lipinski definition) is 4. The molecular weight excluding hydrogens is 274 g/mol. The average molecular weight is 289 g/mol. The second kappa shape index (κ2) is 6.04. The maximum absolute atomic E-state index is 11.8. The Labute approximate surface area is 120 Å². The van der Waals surface area contributed by atoms with E-state index in [1.165, 1.54) is 6.07 Å². The molecular formula is C13H15N5O3. The highest BCUT2D eigenvalue weighted by Gasteiger charge is 2.09. The molecule has 0 aliphatic carbocycles. The summed E-state index contributed by atoms with van der Waals surface area (Å²) in [4.78, 5) is 22.7. The fourth-order valence-corrected chi connectivity index (χ4v) is 1.78. The summed E-state index contributed by atoms with van der Waals surface area (Å²) in [6.07, 6.45) is 1.54. The Kier molecular flexibility index (Phi) is 4.17. The van der Waals surface area contributed by atoms with Crippen LogP contribution in [0.25, 0.3) is 0 Å². The van der Waals surface area contributed by atoms with Gasteiger partial charge in [-0.2, -0.15) is 0 Å². The molecule has 0 saturated heterocycles. The van der Waals surface area contributed by atoms with E-state index in [-0.39, 0.29) is 12.1 Å². The van der Waals surface area contributed by atoms with Crippen molar-refractivity contribution in [3.63, 3.8) is 0 Å². The number of amides is 2. The number of hydrogen-bond donors (Lipinski definition) is 3. The van der Waals surface area contributed by atoms with E-state index in [9.17, 15) is 9.59 Å². The lowest BCUT2D eigenvalue weighted by atomic mass is 10.1. The average Bonchev–Trinajstić information content (AvgIpc) is 2.81. The molecule has 0 fully saturated rings. The number of benzene rings is 1. The third-order valence-electron chi connectivity index (χ3n) is 2.93. The van der Waals surface area contributed by atoms with Crippen molar-refractivity contribution < 1.29 is 14.7 Å². The van der Waals surface area contributed by atoms with Gasteiger partial charge < -0.3 is 20.3 Å². The molecule has 1 heterocycles. The SMILES string of the molecule is Cc1cc(NC(=O)NCc2nncn2C)ccc1C(=O)O. The van der Waals surface area contributed by atoms with E-state index in [0.717, 1.165) is 0 Å². The first-order chi connectivity index (χ1) is 9.97. The van der Waals surface area contributed by atoms with Crippen LogP contribution in [0.4, 0.5) is 10.5 Å². The van der Waals surface area contributed by atoms with Crippen molar-refractivity contribution in [2.75, 3.05) is 5.32 Å². The van der Waals surface area contributed by atoms with Crippen LogP contribution >= 0.6 is 0 Å². The highest BCUT2D eigenvalue weighted by molar-refractivity contribution is 5.92. The molecule has 1 aromatic carbocycles. The van der Waals surface area contributed by atoms with Crippen LogP contribution < -0.4 is 10.6 Å². The summed E-state index contributed by atoms with van der Waals surface area (Å²) in [5.74, 6) is -0.367. The first kappa shape index (κ1) is 14.5. The van der Waals surface area contributed by atoms with Crippen molar-refractivity contribution >= 4 is 17.7 Å². The largest absolute Gasteiger partial charge is 0.478 e. The van der Waals surface area contributed by atoms with Gasteiger partial charge in [0.05, 0.1) is 12.1 Å². The van der Waals surface area contributed by atoms with Gasteiger partial charge in [-0.25, -0.2) is 9.59 Å². The monoisotopic (exact) mass is 289 g/mol.